The van der Waals surface area contributed by atoms with E-state index in [1.165, 1.54) is 0 Å². The van der Waals surface area contributed by atoms with Gasteiger partial charge in [-0.1, -0.05) is 0 Å². The first-order valence-corrected chi connectivity index (χ1v) is 8.19. The van der Waals surface area contributed by atoms with E-state index in [1.807, 2.05) is 18.4 Å². The molecule has 1 aliphatic heterocycles. The van der Waals surface area contributed by atoms with Gasteiger partial charge in [-0.2, -0.15) is 0 Å². The van der Waals surface area contributed by atoms with Crippen molar-refractivity contribution in [3.63, 3.8) is 0 Å². The van der Waals surface area contributed by atoms with Crippen LogP contribution >= 0.6 is 0 Å². The molecule has 25 heavy (non-hydrogen) atoms. The summed E-state index contributed by atoms with van der Waals surface area (Å²) in [6.07, 6.45) is 0.809. The molecule has 1 aromatic heterocycles. The van der Waals surface area contributed by atoms with Crippen molar-refractivity contribution in [2.45, 2.75) is 33.7 Å². The zero-order valence-corrected chi connectivity index (χ0v) is 15.0. The van der Waals surface area contributed by atoms with Gasteiger partial charge in [0.15, 0.2) is 5.78 Å². The molecule has 0 saturated carbocycles. The van der Waals surface area contributed by atoms with Crippen molar-refractivity contribution < 1.29 is 23.9 Å². The van der Waals surface area contributed by atoms with Crippen molar-refractivity contribution in [2.24, 2.45) is 0 Å². The third-order valence-corrected chi connectivity index (χ3v) is 4.36. The number of nitrogens with zero attached hydrogens (tertiary/aromatic N) is 3. The van der Waals surface area contributed by atoms with Crippen LogP contribution in [0.5, 0.6) is 0 Å². The number of ether oxygens (including phenoxy) is 1. The zero-order valence-electron chi connectivity index (χ0n) is 15.0. The second kappa shape index (κ2) is 7.60. The molecule has 4 amide bonds. The third-order valence-electron chi connectivity index (χ3n) is 4.36. The molecule has 136 valence electrons. The quantitative estimate of drug-likeness (QED) is 0.304. The Bertz CT molecular complexity index is 722. The van der Waals surface area contributed by atoms with Gasteiger partial charge in [0.2, 0.25) is 0 Å². The smallest absolute Gasteiger partial charge is 0.334 e. The van der Waals surface area contributed by atoms with Gasteiger partial charge >= 0.3 is 17.8 Å². The highest BCUT2D eigenvalue weighted by atomic mass is 16.5. The van der Waals surface area contributed by atoms with Gasteiger partial charge in [-0.15, -0.1) is 0 Å². The molecule has 2 rings (SSSR count). The maximum absolute atomic E-state index is 12.6. The Kier molecular flexibility index (Phi) is 5.73. The molecule has 1 aliphatic rings. The Morgan fingerprint density at radius 2 is 1.76 bits per heavy atom. The van der Waals surface area contributed by atoms with Crippen LogP contribution in [0.2, 0.25) is 0 Å². The summed E-state index contributed by atoms with van der Waals surface area (Å²) in [6.45, 7) is 6.32. The lowest BCUT2D eigenvalue weighted by Crippen LogP contribution is -2.37. The summed E-state index contributed by atoms with van der Waals surface area (Å²) in [7, 11) is 1.63. The van der Waals surface area contributed by atoms with Crippen LogP contribution in [0.4, 0.5) is 4.79 Å². The molecule has 2 heterocycles. The van der Waals surface area contributed by atoms with Gasteiger partial charge < -0.3 is 9.30 Å². The van der Waals surface area contributed by atoms with Crippen molar-refractivity contribution in [1.82, 2.24) is 14.4 Å². The van der Waals surface area contributed by atoms with E-state index in [1.54, 1.807) is 20.1 Å². The molecule has 0 aliphatic carbocycles. The number of aryl methyl sites for hydroxylation is 1. The lowest BCUT2D eigenvalue weighted by Gasteiger charge is -2.13. The molecule has 0 unspecified atom stereocenters. The number of hydrogen-bond acceptors (Lipinski definition) is 5. The standard InChI is InChI=1S/C17H23N3O5/c1-5-18-15(22)16(23)20(17(18)24)10-14(21)13-9-11(2)19(12(13)3)7-6-8-25-4/h9H,5-8,10H2,1-4H3. The van der Waals surface area contributed by atoms with Crippen LogP contribution in [-0.4, -0.2) is 64.8 Å². The largest absolute Gasteiger partial charge is 0.385 e. The van der Waals surface area contributed by atoms with Crippen LogP contribution in [0.25, 0.3) is 0 Å². The van der Waals surface area contributed by atoms with Crippen molar-refractivity contribution in [2.75, 3.05) is 26.8 Å². The average molecular weight is 349 g/mol. The predicted octanol–water partition coefficient (Wildman–Crippen LogP) is 1.13. The second-order valence-electron chi connectivity index (χ2n) is 5.93. The number of amides is 4. The summed E-state index contributed by atoms with van der Waals surface area (Å²) < 4.78 is 7.05. The molecule has 8 heteroatoms. The Labute approximate surface area is 146 Å². The van der Waals surface area contributed by atoms with Crippen LogP contribution in [-0.2, 0) is 20.9 Å². The summed E-state index contributed by atoms with van der Waals surface area (Å²) in [4.78, 5) is 49.9. The normalized spacial score (nSPS) is 14.8. The third kappa shape index (κ3) is 3.48. The maximum Gasteiger partial charge on any atom is 0.334 e. The molecular weight excluding hydrogens is 326 g/mol. The zero-order chi connectivity index (χ0) is 18.7. The maximum atomic E-state index is 12.6. The van der Waals surface area contributed by atoms with Gasteiger partial charge in [-0.3, -0.25) is 19.3 Å². The number of hydrogen-bond donors (Lipinski definition) is 0. The van der Waals surface area contributed by atoms with E-state index in [2.05, 4.69) is 0 Å². The van der Waals surface area contributed by atoms with Crippen LogP contribution < -0.4 is 0 Å². The molecule has 0 spiro atoms. The number of rotatable bonds is 8. The Morgan fingerprint density at radius 1 is 1.12 bits per heavy atom. The molecule has 0 bridgehead atoms. The van der Waals surface area contributed by atoms with Crippen LogP contribution in [0.1, 0.15) is 35.1 Å². The number of methoxy groups -OCH3 is 1. The highest BCUT2D eigenvalue weighted by molar-refractivity contribution is 6.45. The van der Waals surface area contributed by atoms with Crippen molar-refractivity contribution in [1.29, 1.82) is 0 Å². The first kappa shape index (κ1) is 18.9. The van der Waals surface area contributed by atoms with Crippen LogP contribution in [0, 0.1) is 13.8 Å². The van der Waals surface area contributed by atoms with Gasteiger partial charge in [0, 0.05) is 43.8 Å². The van der Waals surface area contributed by atoms with E-state index in [4.69, 9.17) is 4.74 Å². The monoisotopic (exact) mass is 349 g/mol. The highest BCUT2D eigenvalue weighted by Gasteiger charge is 2.44. The molecule has 1 fully saturated rings. The van der Waals surface area contributed by atoms with Gasteiger partial charge in [0.05, 0.1) is 6.54 Å². The highest BCUT2D eigenvalue weighted by Crippen LogP contribution is 2.19. The number of likely N-dealkylation sites (N-methyl/N-ethyl adjacent to an activating group) is 1. The van der Waals surface area contributed by atoms with Crippen LogP contribution in [0.3, 0.4) is 0 Å². The molecule has 1 aromatic rings. The number of ketones is 1. The number of Topliss-reactive ketones (excluding diaryl/α,β-unsaturated/α-hetero) is 1. The Morgan fingerprint density at radius 3 is 2.32 bits per heavy atom. The molecule has 0 atom stereocenters. The summed E-state index contributed by atoms with van der Waals surface area (Å²) >= 11 is 0. The number of urea groups is 1. The fourth-order valence-corrected chi connectivity index (χ4v) is 2.99. The molecular formula is C17H23N3O5. The molecule has 0 N–H and O–H groups in total. The van der Waals surface area contributed by atoms with Gasteiger partial charge in [-0.25, -0.2) is 9.69 Å². The fourth-order valence-electron chi connectivity index (χ4n) is 2.99. The first-order chi connectivity index (χ1) is 11.8. The van der Waals surface area contributed by atoms with E-state index in [0.29, 0.717) is 23.6 Å². The molecule has 8 nitrogen and oxygen atoms in total. The fraction of sp³-hybridized carbons (Fsp3) is 0.529. The van der Waals surface area contributed by atoms with Crippen molar-refractivity contribution >= 4 is 23.6 Å². The minimum absolute atomic E-state index is 0.0993. The second-order valence-corrected chi connectivity index (χ2v) is 5.93. The van der Waals surface area contributed by atoms with Crippen molar-refractivity contribution in [3.05, 3.63) is 23.0 Å². The van der Waals surface area contributed by atoms with E-state index < -0.39 is 24.4 Å². The van der Waals surface area contributed by atoms with Gasteiger partial charge in [0.1, 0.15) is 0 Å². The molecule has 0 aromatic carbocycles. The van der Waals surface area contributed by atoms with Gasteiger partial charge in [-0.05, 0) is 33.3 Å². The predicted molar refractivity (Wildman–Crippen MR) is 89.2 cm³/mol. The van der Waals surface area contributed by atoms with Gasteiger partial charge in [0.25, 0.3) is 0 Å². The van der Waals surface area contributed by atoms with E-state index >= 15 is 0 Å². The summed E-state index contributed by atoms with van der Waals surface area (Å²) in [5, 5.41) is 0. The topological polar surface area (TPSA) is 88.9 Å². The Balaban J connectivity index is 2.16. The first-order valence-electron chi connectivity index (χ1n) is 8.19. The minimum atomic E-state index is -0.950. The average Bonchev–Trinajstić information content (AvgIpc) is 2.97. The SMILES string of the molecule is CCN1C(=O)C(=O)N(CC(=O)c2cc(C)n(CCCOC)c2C)C1=O. The van der Waals surface area contributed by atoms with E-state index in [-0.39, 0.29) is 12.3 Å². The number of imide groups is 2. The van der Waals surface area contributed by atoms with Crippen LogP contribution in [0.15, 0.2) is 6.07 Å². The Hall–Kier alpha value is -2.48. The summed E-state index contributed by atoms with van der Waals surface area (Å²) in [5.41, 5.74) is 2.15. The van der Waals surface area contributed by atoms with E-state index in [0.717, 1.165) is 22.7 Å². The molecule has 0 radical (unpaired) electrons. The van der Waals surface area contributed by atoms with E-state index in [9.17, 15) is 19.2 Å². The number of aromatic nitrogens is 1. The minimum Gasteiger partial charge on any atom is -0.385 e. The number of carbonyl (C=O) groups is 4. The number of carbonyl (C=O) groups excluding carboxylic acids is 4. The lowest BCUT2D eigenvalue weighted by molar-refractivity contribution is -0.143. The summed E-state index contributed by atoms with van der Waals surface area (Å²) in [5.74, 6) is -2.20. The molecule has 1 saturated heterocycles. The van der Waals surface area contributed by atoms with Crippen molar-refractivity contribution in [3.8, 4) is 0 Å². The lowest BCUT2D eigenvalue weighted by atomic mass is 10.1. The summed E-state index contributed by atoms with van der Waals surface area (Å²) in [6, 6.07) is 1.01.